The number of nitrogens with zero attached hydrogens (tertiary/aromatic N) is 1. The van der Waals surface area contributed by atoms with E-state index in [2.05, 4.69) is 22.5 Å². The minimum absolute atomic E-state index is 0. The number of halogens is 1. The van der Waals surface area contributed by atoms with Crippen LogP contribution in [0.3, 0.4) is 0 Å². The summed E-state index contributed by atoms with van der Waals surface area (Å²) in [6.45, 7) is 5.94. The summed E-state index contributed by atoms with van der Waals surface area (Å²) in [7, 11) is -3.24. The van der Waals surface area contributed by atoms with Gasteiger partial charge >= 0.3 is 0 Å². The molecule has 0 saturated heterocycles. The first kappa shape index (κ1) is 21.2. The second-order valence-electron chi connectivity index (χ2n) is 4.67. The van der Waals surface area contributed by atoms with Crippen LogP contribution in [-0.2, 0) is 9.84 Å². The van der Waals surface area contributed by atoms with Crippen LogP contribution in [0, 0.1) is 0 Å². The smallest absolute Gasteiger partial charge is 0.191 e. The molecule has 0 aliphatic heterocycles. The van der Waals surface area contributed by atoms with E-state index in [0.717, 1.165) is 25.9 Å². The maximum Gasteiger partial charge on any atom is 0.191 e. The zero-order valence-electron chi connectivity index (χ0n) is 13.2. The van der Waals surface area contributed by atoms with Gasteiger partial charge in [0.2, 0.25) is 0 Å². The van der Waals surface area contributed by atoms with Gasteiger partial charge in [-0.05, 0) is 25.5 Å². The van der Waals surface area contributed by atoms with Gasteiger partial charge in [-0.2, -0.15) is 0 Å². The van der Waals surface area contributed by atoms with E-state index < -0.39 is 9.84 Å². The number of hydrogen-bond acceptors (Lipinski definition) is 3. The SMILES string of the molecule is CCCCN=C(NCC)NCCS(=O)(=O)c1ccccc1.I. The van der Waals surface area contributed by atoms with Crippen molar-refractivity contribution in [2.45, 2.75) is 31.6 Å². The van der Waals surface area contributed by atoms with E-state index in [-0.39, 0.29) is 29.7 Å². The Morgan fingerprint density at radius 3 is 2.41 bits per heavy atom. The lowest BCUT2D eigenvalue weighted by Gasteiger charge is -2.11. The largest absolute Gasteiger partial charge is 0.357 e. The van der Waals surface area contributed by atoms with Crippen molar-refractivity contribution in [2.24, 2.45) is 4.99 Å². The minimum atomic E-state index is -3.24. The van der Waals surface area contributed by atoms with Crippen LogP contribution in [0.4, 0.5) is 0 Å². The van der Waals surface area contributed by atoms with Crippen LogP contribution < -0.4 is 10.6 Å². The second kappa shape index (κ2) is 11.7. The molecule has 22 heavy (non-hydrogen) atoms. The van der Waals surface area contributed by atoms with Gasteiger partial charge in [0.1, 0.15) is 0 Å². The Hall–Kier alpha value is -0.830. The number of sulfone groups is 1. The lowest BCUT2D eigenvalue weighted by atomic mass is 10.3. The van der Waals surface area contributed by atoms with Crippen molar-refractivity contribution < 1.29 is 8.42 Å². The molecule has 0 aliphatic rings. The van der Waals surface area contributed by atoms with E-state index in [1.54, 1.807) is 30.3 Å². The molecule has 0 amide bonds. The first-order chi connectivity index (χ1) is 10.1. The van der Waals surface area contributed by atoms with Gasteiger partial charge < -0.3 is 10.6 Å². The molecule has 0 saturated carbocycles. The summed E-state index contributed by atoms with van der Waals surface area (Å²) in [5.41, 5.74) is 0. The van der Waals surface area contributed by atoms with Crippen LogP contribution in [0.5, 0.6) is 0 Å². The molecule has 5 nitrogen and oxygen atoms in total. The normalized spacial score (nSPS) is 11.6. The maximum atomic E-state index is 12.1. The van der Waals surface area contributed by atoms with Gasteiger partial charge in [0, 0.05) is 19.6 Å². The summed E-state index contributed by atoms with van der Waals surface area (Å²) < 4.78 is 24.3. The topological polar surface area (TPSA) is 70.6 Å². The van der Waals surface area contributed by atoms with Crippen molar-refractivity contribution in [1.82, 2.24) is 10.6 Å². The Morgan fingerprint density at radius 1 is 1.14 bits per heavy atom. The molecule has 0 aliphatic carbocycles. The first-order valence-corrected chi connectivity index (χ1v) is 9.05. The van der Waals surface area contributed by atoms with Crippen LogP contribution in [0.2, 0.25) is 0 Å². The van der Waals surface area contributed by atoms with Gasteiger partial charge in [-0.15, -0.1) is 24.0 Å². The van der Waals surface area contributed by atoms with E-state index in [1.165, 1.54) is 0 Å². The third-order valence-electron chi connectivity index (χ3n) is 2.89. The first-order valence-electron chi connectivity index (χ1n) is 7.40. The molecule has 0 aromatic heterocycles. The van der Waals surface area contributed by atoms with E-state index in [9.17, 15) is 8.42 Å². The summed E-state index contributed by atoms with van der Waals surface area (Å²) in [5.74, 6) is 0.726. The Balaban J connectivity index is 0.00000441. The summed E-state index contributed by atoms with van der Waals surface area (Å²) in [4.78, 5) is 4.76. The van der Waals surface area contributed by atoms with Gasteiger partial charge in [0.25, 0.3) is 0 Å². The molecule has 126 valence electrons. The van der Waals surface area contributed by atoms with Crippen LogP contribution in [0.1, 0.15) is 26.7 Å². The number of unbranched alkanes of at least 4 members (excludes halogenated alkanes) is 1. The molecule has 1 aromatic rings. The molecule has 7 heteroatoms. The maximum absolute atomic E-state index is 12.1. The van der Waals surface area contributed by atoms with E-state index >= 15 is 0 Å². The second-order valence-corrected chi connectivity index (χ2v) is 6.78. The number of guanidine groups is 1. The predicted molar refractivity (Wildman–Crippen MR) is 103 cm³/mol. The molecule has 0 fully saturated rings. The molecule has 0 bridgehead atoms. The summed E-state index contributed by atoms with van der Waals surface area (Å²) in [6.07, 6.45) is 2.12. The lowest BCUT2D eigenvalue weighted by molar-refractivity contribution is 0.594. The highest BCUT2D eigenvalue weighted by Crippen LogP contribution is 2.09. The molecule has 1 aromatic carbocycles. The average molecular weight is 439 g/mol. The summed E-state index contributed by atoms with van der Waals surface area (Å²) in [6, 6.07) is 8.51. The van der Waals surface area contributed by atoms with Gasteiger partial charge in [-0.3, -0.25) is 4.99 Å². The lowest BCUT2D eigenvalue weighted by Crippen LogP contribution is -2.39. The van der Waals surface area contributed by atoms with E-state index in [4.69, 9.17) is 0 Å². The highest BCUT2D eigenvalue weighted by Gasteiger charge is 2.13. The van der Waals surface area contributed by atoms with Gasteiger partial charge in [-0.25, -0.2) is 8.42 Å². The fourth-order valence-electron chi connectivity index (χ4n) is 1.74. The molecule has 0 spiro atoms. The summed E-state index contributed by atoms with van der Waals surface area (Å²) in [5, 5.41) is 6.18. The van der Waals surface area contributed by atoms with Gasteiger partial charge in [0.05, 0.1) is 10.6 Å². The third-order valence-corrected chi connectivity index (χ3v) is 4.62. The zero-order chi connectivity index (χ0) is 15.6. The fraction of sp³-hybridized carbons (Fsp3) is 0.533. The fourth-order valence-corrected chi connectivity index (χ4v) is 2.92. The Kier molecular flexibility index (Phi) is 11.3. The predicted octanol–water partition coefficient (Wildman–Crippen LogP) is 2.43. The molecule has 0 heterocycles. The number of rotatable bonds is 8. The van der Waals surface area contributed by atoms with Gasteiger partial charge in [-0.1, -0.05) is 31.5 Å². The highest BCUT2D eigenvalue weighted by molar-refractivity contribution is 14.0. The zero-order valence-corrected chi connectivity index (χ0v) is 16.4. The van der Waals surface area contributed by atoms with Crippen molar-refractivity contribution in [3.8, 4) is 0 Å². The molecular formula is C15H26IN3O2S. The van der Waals surface area contributed by atoms with Crippen LogP contribution >= 0.6 is 24.0 Å². The molecule has 0 atom stereocenters. The third kappa shape index (κ3) is 7.98. The van der Waals surface area contributed by atoms with Crippen LogP contribution in [0.15, 0.2) is 40.2 Å². The number of benzene rings is 1. The van der Waals surface area contributed by atoms with Crippen molar-refractivity contribution in [2.75, 3.05) is 25.4 Å². The quantitative estimate of drug-likeness (QED) is 0.283. The molecule has 2 N–H and O–H groups in total. The van der Waals surface area contributed by atoms with Crippen molar-refractivity contribution in [1.29, 1.82) is 0 Å². The van der Waals surface area contributed by atoms with Crippen LogP contribution in [-0.4, -0.2) is 39.8 Å². The number of aliphatic imine (C=N–C) groups is 1. The molecule has 0 unspecified atom stereocenters. The number of hydrogen-bond donors (Lipinski definition) is 2. The molecular weight excluding hydrogens is 413 g/mol. The van der Waals surface area contributed by atoms with Crippen molar-refractivity contribution in [3.63, 3.8) is 0 Å². The molecule has 0 radical (unpaired) electrons. The van der Waals surface area contributed by atoms with E-state index in [1.807, 2.05) is 6.92 Å². The Morgan fingerprint density at radius 2 is 1.82 bits per heavy atom. The average Bonchev–Trinajstić information content (AvgIpc) is 2.48. The Labute approximate surface area is 150 Å². The minimum Gasteiger partial charge on any atom is -0.357 e. The molecule has 1 rings (SSSR count). The monoisotopic (exact) mass is 439 g/mol. The standard InChI is InChI=1S/C15H25N3O2S.HI/c1-3-5-11-17-15(16-4-2)18-12-13-21(19,20)14-9-7-6-8-10-14;/h6-10H,3-5,11-13H2,1-2H3,(H2,16,17,18);1H. The van der Waals surface area contributed by atoms with E-state index in [0.29, 0.717) is 17.4 Å². The number of nitrogens with one attached hydrogen (secondary N) is 2. The van der Waals surface area contributed by atoms with Crippen LogP contribution in [0.25, 0.3) is 0 Å². The highest BCUT2D eigenvalue weighted by atomic mass is 127. The Bertz CT molecular complexity index is 533. The summed E-state index contributed by atoms with van der Waals surface area (Å²) >= 11 is 0. The van der Waals surface area contributed by atoms with Crippen molar-refractivity contribution >= 4 is 39.8 Å². The van der Waals surface area contributed by atoms with Gasteiger partial charge in [0.15, 0.2) is 15.8 Å². The van der Waals surface area contributed by atoms with Crippen molar-refractivity contribution in [3.05, 3.63) is 30.3 Å².